The van der Waals surface area contributed by atoms with Gasteiger partial charge in [0.1, 0.15) is 0 Å². The van der Waals surface area contributed by atoms with Gasteiger partial charge >= 0.3 is 0 Å². The Hall–Kier alpha value is -11.2. The first-order valence-electron chi connectivity index (χ1n) is 37.3. The van der Waals surface area contributed by atoms with Crippen molar-refractivity contribution in [2.24, 2.45) is 0 Å². The van der Waals surface area contributed by atoms with E-state index in [1.54, 1.807) is 0 Å². The smallest absolute Gasteiger partial charge is 0.252 e. The molecule has 2 aliphatic heterocycles. The van der Waals surface area contributed by atoms with Crippen molar-refractivity contribution >= 4 is 107 Å². The van der Waals surface area contributed by atoms with Gasteiger partial charge in [-0.15, -0.1) is 0 Å². The maximum absolute atomic E-state index is 4.24. The van der Waals surface area contributed by atoms with Crippen LogP contribution in [-0.4, -0.2) is 6.71 Å². The molecule has 0 atom stereocenters. The average molecular weight is 1460 g/mol. The van der Waals surface area contributed by atoms with Crippen LogP contribution in [0.3, 0.4) is 0 Å². The Morgan fingerprint density at radius 3 is 0.869 bits per heavy atom. The number of benzene rings is 14. The van der Waals surface area contributed by atoms with Crippen LogP contribution in [0.25, 0.3) is 44.5 Å². The fourth-order valence-electron chi connectivity index (χ4n) is 15.4. The summed E-state index contributed by atoms with van der Waals surface area (Å²) in [7, 11) is 0. The number of rotatable bonds is 12. The Bertz CT molecular complexity index is 5140. The zero-order chi connectivity index (χ0) is 73.7. The highest BCUT2D eigenvalue weighted by Crippen LogP contribution is 2.53. The molecular formula is C101H95BBrN4-. The molecule has 0 radical (unpaired) electrons. The summed E-state index contributed by atoms with van der Waals surface area (Å²) in [6.45, 7) is 27.6. The van der Waals surface area contributed by atoms with Gasteiger partial charge in [-0.25, -0.2) is 0 Å². The third kappa shape index (κ3) is 14.3. The maximum Gasteiger partial charge on any atom is 0.252 e. The topological polar surface area (TPSA) is 13.0 Å². The van der Waals surface area contributed by atoms with Gasteiger partial charge in [0.2, 0.25) is 0 Å². The van der Waals surface area contributed by atoms with Crippen LogP contribution in [0.2, 0.25) is 0 Å². The molecule has 6 heteroatoms. The van der Waals surface area contributed by atoms with E-state index in [0.29, 0.717) is 0 Å². The quantitative estimate of drug-likeness (QED) is 0.0893. The molecule has 0 amide bonds. The summed E-state index contributed by atoms with van der Waals surface area (Å²) in [5, 5.41) is 0. The third-order valence-electron chi connectivity index (χ3n) is 21.1. The molecule has 2 aliphatic rings. The van der Waals surface area contributed by atoms with Crippen molar-refractivity contribution in [2.75, 3.05) is 19.6 Å². The maximum atomic E-state index is 4.24. The predicted molar refractivity (Wildman–Crippen MR) is 467 cm³/mol. The van der Waals surface area contributed by atoms with Gasteiger partial charge in [-0.3, -0.25) is 0 Å². The third-order valence-corrected chi connectivity index (χ3v) is 21.9. The van der Waals surface area contributed by atoms with Crippen molar-refractivity contribution in [3.63, 3.8) is 0 Å². The Morgan fingerprint density at radius 2 is 0.523 bits per heavy atom. The van der Waals surface area contributed by atoms with Gasteiger partial charge in [-0.05, 0) is 183 Å². The first-order valence-corrected chi connectivity index (χ1v) is 38.1. The highest BCUT2D eigenvalue weighted by atomic mass is 79.9. The van der Waals surface area contributed by atoms with E-state index in [2.05, 4.69) is 458 Å². The van der Waals surface area contributed by atoms with Crippen LogP contribution >= 0.6 is 15.9 Å². The summed E-state index contributed by atoms with van der Waals surface area (Å²) in [6, 6.07) is 124. The minimum atomic E-state index is -0.00693. The molecule has 14 aromatic carbocycles. The largest absolute Gasteiger partial charge is 0.358 e. The van der Waals surface area contributed by atoms with Crippen LogP contribution in [0.1, 0.15) is 105 Å². The summed E-state index contributed by atoms with van der Waals surface area (Å²) in [5.41, 5.74) is 32.7. The number of anilines is 12. The van der Waals surface area contributed by atoms with E-state index in [9.17, 15) is 0 Å². The Kier molecular flexibility index (Phi) is 20.2. The van der Waals surface area contributed by atoms with E-state index in [4.69, 9.17) is 0 Å². The average Bonchev–Trinajstić information content (AvgIpc) is 0.693. The molecule has 16 rings (SSSR count). The Morgan fingerprint density at radius 1 is 0.252 bits per heavy atom. The molecule has 0 N–H and O–H groups in total. The van der Waals surface area contributed by atoms with E-state index in [-0.39, 0.29) is 35.8 Å². The molecule has 107 heavy (non-hydrogen) atoms. The fraction of sp³-hybridized carbons (Fsp3) is 0.158. The second-order valence-corrected chi connectivity index (χ2v) is 33.1. The molecule has 0 fully saturated rings. The molecule has 0 unspecified atom stereocenters. The molecular weight excluding hydrogens is 1360 g/mol. The van der Waals surface area contributed by atoms with Gasteiger partial charge in [-0.1, -0.05) is 338 Å². The molecule has 2 heterocycles. The first kappa shape index (κ1) is 72.8. The Balaban J connectivity index is 0.000000178. The molecule has 4 nitrogen and oxygen atoms in total. The van der Waals surface area contributed by atoms with Crippen LogP contribution in [-0.2, 0) is 21.7 Å². The lowest BCUT2D eigenvalue weighted by Crippen LogP contribution is -2.61. The second-order valence-electron chi connectivity index (χ2n) is 32.3. The standard InChI is InChI=1S/C50H45BN2.C50H47BrN2.CH3/c1-49(2,3)36-28-30-44-40(32-36)51-41-33-37(50(4,5)6)29-31-45(41)53(43-25-16-14-23-39(43)35-20-11-8-12-21-35)47-27-17-26-46(48(47)51)52(44)42-24-15-13-22-38(42)34-18-9-7-10-19-34;1-49(2,3)38-28-32-40(33-29-38)52(44-24-15-13-22-42(44)36-18-9-7-10-19-36)46-26-17-27-47(48(46)51)53(41-34-30-39(31-35-41)50(4,5)6)45-25-16-14-23-43(45)37-20-11-8-12-21-37;/h7-33H,1-6H3;7-35H,1-6H3;1H3/q;;-1. The van der Waals surface area contributed by atoms with Crippen molar-refractivity contribution in [1.29, 1.82) is 0 Å². The lowest BCUT2D eigenvalue weighted by atomic mass is 9.33. The van der Waals surface area contributed by atoms with Crippen molar-refractivity contribution in [3.8, 4) is 44.5 Å². The summed E-state index contributed by atoms with van der Waals surface area (Å²) >= 11 is 4.24. The Labute approximate surface area is 645 Å². The zero-order valence-corrected chi connectivity index (χ0v) is 65.7. The number of halogens is 1. The van der Waals surface area contributed by atoms with Crippen molar-refractivity contribution in [1.82, 2.24) is 0 Å². The van der Waals surface area contributed by atoms with E-state index >= 15 is 0 Å². The van der Waals surface area contributed by atoms with E-state index in [0.717, 1.165) is 49.7 Å². The van der Waals surface area contributed by atoms with Gasteiger partial charge in [0, 0.05) is 56.4 Å². The first-order chi connectivity index (χ1) is 51.1. The van der Waals surface area contributed by atoms with Gasteiger partial charge in [0.15, 0.2) is 0 Å². The van der Waals surface area contributed by atoms with Crippen LogP contribution < -0.4 is 36.0 Å². The van der Waals surface area contributed by atoms with Gasteiger partial charge in [0.25, 0.3) is 6.71 Å². The highest BCUT2D eigenvalue weighted by Gasteiger charge is 2.45. The van der Waals surface area contributed by atoms with Gasteiger partial charge in [-0.2, -0.15) is 0 Å². The molecule has 0 saturated carbocycles. The highest BCUT2D eigenvalue weighted by molar-refractivity contribution is 9.10. The van der Waals surface area contributed by atoms with Gasteiger partial charge < -0.3 is 27.0 Å². The summed E-state index contributed by atoms with van der Waals surface area (Å²) in [5.74, 6) is 0. The van der Waals surface area contributed by atoms with E-state index in [1.165, 1.54) is 106 Å². The SMILES string of the molecule is CC(C)(C)c1ccc(N(c2ccccc2-c2ccccc2)c2cccc(N(c3ccc(C(C)(C)C)cc3)c3ccccc3-c3ccccc3)c2Br)cc1.CC(C)(C)c1ccc2c(c1)B1c3cc(C(C)(C)C)ccc3N(c3ccccc3-c3ccccc3)c3cccc(c31)N2c1ccccc1-c1ccccc1.[CH3-]. The minimum absolute atomic E-state index is 0. The summed E-state index contributed by atoms with van der Waals surface area (Å²) in [6.07, 6.45) is 0. The molecule has 14 aromatic rings. The van der Waals surface area contributed by atoms with Crippen LogP contribution in [0.15, 0.2) is 344 Å². The molecule has 0 aliphatic carbocycles. The van der Waals surface area contributed by atoms with Crippen molar-refractivity contribution in [2.45, 2.75) is 105 Å². The molecule has 0 aromatic heterocycles. The van der Waals surface area contributed by atoms with Crippen LogP contribution in [0, 0.1) is 7.43 Å². The minimum Gasteiger partial charge on any atom is -0.358 e. The normalized spacial score (nSPS) is 12.4. The van der Waals surface area contributed by atoms with Crippen LogP contribution in [0.4, 0.5) is 68.2 Å². The lowest BCUT2D eigenvalue weighted by molar-refractivity contribution is 0.590. The number of fused-ring (bicyclic) bond motifs is 4. The van der Waals surface area contributed by atoms with E-state index in [1.807, 2.05) is 0 Å². The lowest BCUT2D eigenvalue weighted by Gasteiger charge is -2.45. The summed E-state index contributed by atoms with van der Waals surface area (Å²) < 4.78 is 0.991. The summed E-state index contributed by atoms with van der Waals surface area (Å²) in [4.78, 5) is 9.87. The van der Waals surface area contributed by atoms with E-state index < -0.39 is 0 Å². The monoisotopic (exact) mass is 1450 g/mol. The van der Waals surface area contributed by atoms with Gasteiger partial charge in [0.05, 0.1) is 38.6 Å². The second kappa shape index (κ2) is 29.6. The molecule has 0 bridgehead atoms. The number of hydrogen-bond donors (Lipinski definition) is 0. The fourth-order valence-corrected chi connectivity index (χ4v) is 16.0. The molecule has 0 spiro atoms. The zero-order valence-electron chi connectivity index (χ0n) is 64.1. The van der Waals surface area contributed by atoms with Crippen molar-refractivity contribution in [3.05, 3.63) is 374 Å². The number of hydrogen-bond acceptors (Lipinski definition) is 4. The molecule has 0 saturated heterocycles. The van der Waals surface area contributed by atoms with Crippen LogP contribution in [0.5, 0.6) is 0 Å². The number of para-hydroxylation sites is 4. The predicted octanol–water partition coefficient (Wildman–Crippen LogP) is 27.5. The van der Waals surface area contributed by atoms with Crippen molar-refractivity contribution < 1.29 is 0 Å². The molecule has 530 valence electrons. The number of nitrogens with zero attached hydrogens (tertiary/aromatic N) is 4.